The van der Waals surface area contributed by atoms with Crippen molar-refractivity contribution in [2.75, 3.05) is 25.5 Å². The van der Waals surface area contributed by atoms with Crippen LogP contribution in [0, 0.1) is 5.92 Å². The Bertz CT molecular complexity index is 741. The summed E-state index contributed by atoms with van der Waals surface area (Å²) in [7, 11) is 1.69. The molecule has 1 saturated heterocycles. The van der Waals surface area contributed by atoms with Crippen LogP contribution in [-0.2, 0) is 11.2 Å². The molecule has 1 aromatic carbocycles. The van der Waals surface area contributed by atoms with Gasteiger partial charge in [0.1, 0.15) is 11.6 Å². The summed E-state index contributed by atoms with van der Waals surface area (Å²) in [5.41, 5.74) is 1.34. The Balaban J connectivity index is 1.47. The lowest BCUT2D eigenvalue weighted by Gasteiger charge is -2.35. The molecule has 1 aromatic heterocycles. The SMILES string of the molecule is COc1ccc(CC2CCN(C(C)C(=O)Nc3ccc(Cl)cn3)CC2)cc1. The van der Waals surface area contributed by atoms with Crippen LogP contribution in [0.3, 0.4) is 0 Å². The van der Waals surface area contributed by atoms with Crippen LogP contribution in [0.4, 0.5) is 5.82 Å². The van der Waals surface area contributed by atoms with Gasteiger partial charge in [0.2, 0.25) is 5.91 Å². The Morgan fingerprint density at radius 2 is 1.96 bits per heavy atom. The number of nitrogens with one attached hydrogen (secondary N) is 1. The maximum Gasteiger partial charge on any atom is 0.242 e. The first kappa shape index (κ1) is 19.6. The number of likely N-dealkylation sites (tertiary alicyclic amines) is 1. The van der Waals surface area contributed by atoms with Gasteiger partial charge in [0.15, 0.2) is 0 Å². The molecule has 0 radical (unpaired) electrons. The lowest BCUT2D eigenvalue weighted by molar-refractivity contribution is -0.121. The summed E-state index contributed by atoms with van der Waals surface area (Å²) in [5, 5.41) is 3.42. The van der Waals surface area contributed by atoms with Crippen molar-refractivity contribution < 1.29 is 9.53 Å². The van der Waals surface area contributed by atoms with Crippen molar-refractivity contribution in [1.29, 1.82) is 0 Å². The number of carbonyl (C=O) groups excluding carboxylic acids is 1. The highest BCUT2D eigenvalue weighted by atomic mass is 35.5. The van der Waals surface area contributed by atoms with Crippen LogP contribution < -0.4 is 10.1 Å². The Kier molecular flexibility index (Phi) is 6.69. The fourth-order valence-electron chi connectivity index (χ4n) is 3.49. The number of amides is 1. The molecule has 6 heteroatoms. The molecule has 0 bridgehead atoms. The van der Waals surface area contributed by atoms with E-state index in [9.17, 15) is 4.79 Å². The molecule has 3 rings (SSSR count). The predicted molar refractivity (Wildman–Crippen MR) is 108 cm³/mol. The first-order chi connectivity index (χ1) is 13.0. The first-order valence-electron chi connectivity index (χ1n) is 9.34. The highest BCUT2D eigenvalue weighted by Crippen LogP contribution is 2.24. The second kappa shape index (κ2) is 9.20. The number of ether oxygens (including phenoxy) is 1. The number of pyridine rings is 1. The highest BCUT2D eigenvalue weighted by molar-refractivity contribution is 6.30. The summed E-state index contributed by atoms with van der Waals surface area (Å²) in [6, 6.07) is 11.6. The van der Waals surface area contributed by atoms with E-state index in [0.29, 0.717) is 16.8 Å². The van der Waals surface area contributed by atoms with E-state index in [1.54, 1.807) is 19.2 Å². The van der Waals surface area contributed by atoms with E-state index >= 15 is 0 Å². The number of hydrogen-bond donors (Lipinski definition) is 1. The monoisotopic (exact) mass is 387 g/mol. The Hall–Kier alpha value is -2.11. The van der Waals surface area contributed by atoms with E-state index in [4.69, 9.17) is 16.3 Å². The van der Waals surface area contributed by atoms with E-state index in [1.165, 1.54) is 11.8 Å². The number of hydrogen-bond acceptors (Lipinski definition) is 4. The normalized spacial score (nSPS) is 16.7. The number of methoxy groups -OCH3 is 1. The number of rotatable bonds is 6. The van der Waals surface area contributed by atoms with E-state index in [-0.39, 0.29) is 11.9 Å². The number of nitrogens with zero attached hydrogens (tertiary/aromatic N) is 2. The van der Waals surface area contributed by atoms with Crippen molar-refractivity contribution >= 4 is 23.3 Å². The van der Waals surface area contributed by atoms with Gasteiger partial charge in [-0.2, -0.15) is 0 Å². The Labute approximate surface area is 165 Å². The highest BCUT2D eigenvalue weighted by Gasteiger charge is 2.26. The molecule has 2 heterocycles. The van der Waals surface area contributed by atoms with Crippen LogP contribution in [0.5, 0.6) is 5.75 Å². The zero-order valence-electron chi connectivity index (χ0n) is 15.8. The van der Waals surface area contributed by atoms with Crippen molar-refractivity contribution in [1.82, 2.24) is 9.88 Å². The molecule has 1 aliphatic heterocycles. The molecule has 144 valence electrons. The predicted octanol–water partition coefficient (Wildman–Crippen LogP) is 4.03. The second-order valence-corrected chi connectivity index (χ2v) is 7.49. The molecule has 5 nitrogen and oxygen atoms in total. The molecule has 0 saturated carbocycles. The van der Waals surface area contributed by atoms with Crippen molar-refractivity contribution in [3.8, 4) is 5.75 Å². The lowest BCUT2D eigenvalue weighted by atomic mass is 9.89. The molecule has 1 atom stereocenters. The van der Waals surface area contributed by atoms with Gasteiger partial charge in [0.25, 0.3) is 0 Å². The quantitative estimate of drug-likeness (QED) is 0.813. The third-order valence-corrected chi connectivity index (χ3v) is 5.46. The van der Waals surface area contributed by atoms with E-state index < -0.39 is 0 Å². The van der Waals surface area contributed by atoms with E-state index in [0.717, 1.165) is 38.1 Å². The fraction of sp³-hybridized carbons (Fsp3) is 0.429. The second-order valence-electron chi connectivity index (χ2n) is 7.06. The van der Waals surface area contributed by atoms with Gasteiger partial charge >= 0.3 is 0 Å². The van der Waals surface area contributed by atoms with Gasteiger partial charge in [-0.15, -0.1) is 0 Å². The average molecular weight is 388 g/mol. The van der Waals surface area contributed by atoms with E-state index in [1.807, 2.05) is 19.1 Å². The Morgan fingerprint density at radius 3 is 2.56 bits per heavy atom. The molecule has 0 aliphatic carbocycles. The first-order valence-corrected chi connectivity index (χ1v) is 9.72. The molecule has 1 fully saturated rings. The zero-order chi connectivity index (χ0) is 19.2. The van der Waals surface area contributed by atoms with Gasteiger partial charge in [-0.05, 0) is 75.0 Å². The summed E-state index contributed by atoms with van der Waals surface area (Å²) in [6.07, 6.45) is 4.81. The van der Waals surface area contributed by atoms with Crippen molar-refractivity contribution in [3.63, 3.8) is 0 Å². The number of benzene rings is 1. The molecule has 1 amide bonds. The fourth-order valence-corrected chi connectivity index (χ4v) is 3.60. The van der Waals surface area contributed by atoms with Gasteiger partial charge < -0.3 is 10.1 Å². The largest absolute Gasteiger partial charge is 0.497 e. The summed E-state index contributed by atoms with van der Waals surface area (Å²) >= 11 is 5.83. The van der Waals surface area contributed by atoms with Crippen molar-refractivity contribution in [2.24, 2.45) is 5.92 Å². The minimum absolute atomic E-state index is 0.0292. The van der Waals surface area contributed by atoms with Crippen LogP contribution in [0.2, 0.25) is 5.02 Å². The van der Waals surface area contributed by atoms with Gasteiger partial charge in [0, 0.05) is 6.20 Å². The van der Waals surface area contributed by atoms with Gasteiger partial charge in [-0.3, -0.25) is 9.69 Å². The molecule has 0 spiro atoms. The van der Waals surface area contributed by atoms with E-state index in [2.05, 4.69) is 27.3 Å². The topological polar surface area (TPSA) is 54.5 Å². The maximum absolute atomic E-state index is 12.5. The molecular formula is C21H26ClN3O2. The van der Waals surface area contributed by atoms with Crippen molar-refractivity contribution in [2.45, 2.75) is 32.2 Å². The van der Waals surface area contributed by atoms with Crippen LogP contribution in [-0.4, -0.2) is 42.0 Å². The van der Waals surface area contributed by atoms with Crippen LogP contribution in [0.1, 0.15) is 25.3 Å². The molecule has 1 aliphatic rings. The minimum atomic E-state index is -0.176. The molecular weight excluding hydrogens is 362 g/mol. The third kappa shape index (κ3) is 5.44. The van der Waals surface area contributed by atoms with Crippen LogP contribution in [0.25, 0.3) is 0 Å². The molecule has 1 N–H and O–H groups in total. The third-order valence-electron chi connectivity index (χ3n) is 5.24. The number of anilines is 1. The minimum Gasteiger partial charge on any atom is -0.497 e. The van der Waals surface area contributed by atoms with Gasteiger partial charge in [-0.1, -0.05) is 23.7 Å². The average Bonchev–Trinajstić information content (AvgIpc) is 2.70. The summed E-state index contributed by atoms with van der Waals surface area (Å²) in [5.74, 6) is 2.05. The lowest BCUT2D eigenvalue weighted by Crippen LogP contribution is -2.46. The zero-order valence-corrected chi connectivity index (χ0v) is 16.6. The smallest absolute Gasteiger partial charge is 0.242 e. The molecule has 2 aromatic rings. The standard InChI is InChI=1S/C21H26ClN3O2/c1-15(21(26)24-20-8-5-18(22)14-23-20)25-11-9-17(10-12-25)13-16-3-6-19(27-2)7-4-16/h3-8,14-15,17H,9-13H2,1-2H3,(H,23,24,26). The van der Waals surface area contributed by atoms with Crippen LogP contribution in [0.15, 0.2) is 42.6 Å². The summed E-state index contributed by atoms with van der Waals surface area (Å²) in [6.45, 7) is 3.82. The van der Waals surface area contributed by atoms with Gasteiger partial charge in [-0.25, -0.2) is 4.98 Å². The maximum atomic E-state index is 12.5. The summed E-state index contributed by atoms with van der Waals surface area (Å²) < 4.78 is 5.21. The molecule has 1 unspecified atom stereocenters. The van der Waals surface area contributed by atoms with Gasteiger partial charge in [0.05, 0.1) is 18.2 Å². The Morgan fingerprint density at radius 1 is 1.26 bits per heavy atom. The number of halogens is 1. The summed E-state index contributed by atoms with van der Waals surface area (Å²) in [4.78, 5) is 18.9. The molecule has 27 heavy (non-hydrogen) atoms. The van der Waals surface area contributed by atoms with Crippen LogP contribution >= 0.6 is 11.6 Å². The number of piperidine rings is 1. The number of aromatic nitrogens is 1. The van der Waals surface area contributed by atoms with Crippen molar-refractivity contribution in [3.05, 3.63) is 53.2 Å². The number of carbonyl (C=O) groups is 1.